The first-order valence-electron chi connectivity index (χ1n) is 7.99. The summed E-state index contributed by atoms with van der Waals surface area (Å²) in [6.45, 7) is 0. The maximum atomic E-state index is 11.8. The van der Waals surface area contributed by atoms with Gasteiger partial charge < -0.3 is 10.8 Å². The summed E-state index contributed by atoms with van der Waals surface area (Å²) in [7, 11) is -9.69. The molecular formula is C16H14N4Na2O9S2. The first-order chi connectivity index (χ1) is 14.3. The van der Waals surface area contributed by atoms with E-state index >= 15 is 0 Å². The molecule has 0 aliphatic carbocycles. The third-order valence-electron chi connectivity index (χ3n) is 4.07. The molecule has 0 atom stereocenters. The predicted octanol–water partition coefficient (Wildman–Crippen LogP) is 1.65. The molecule has 3 aromatic rings. The Balaban J connectivity index is 0.00000272. The Bertz CT molecular complexity index is 1480. The summed E-state index contributed by atoms with van der Waals surface area (Å²) in [5.74, 6) is -0.712. The molecule has 0 radical (unpaired) electrons. The molecule has 0 saturated carbocycles. The number of aromatic hydroxyl groups is 1. The van der Waals surface area contributed by atoms with Crippen LogP contribution in [0, 0.1) is 10.1 Å². The molecule has 0 aliphatic heterocycles. The van der Waals surface area contributed by atoms with E-state index in [1.165, 1.54) is 12.1 Å². The molecule has 0 amide bonds. The van der Waals surface area contributed by atoms with E-state index in [0.717, 1.165) is 24.3 Å². The number of nitrogen functional groups attached to an aromatic ring is 1. The minimum absolute atomic E-state index is 0. The second-order valence-electron chi connectivity index (χ2n) is 6.10. The Morgan fingerprint density at radius 3 is 1.97 bits per heavy atom. The molecule has 0 spiro atoms. The average molecular weight is 516 g/mol. The van der Waals surface area contributed by atoms with Gasteiger partial charge in [0.05, 0.1) is 21.2 Å². The molecule has 3 rings (SSSR count). The van der Waals surface area contributed by atoms with Gasteiger partial charge in [-0.1, -0.05) is 0 Å². The van der Waals surface area contributed by atoms with E-state index in [1.54, 1.807) is 0 Å². The Kier molecular flexibility index (Phi) is 9.55. The van der Waals surface area contributed by atoms with E-state index in [1.807, 2.05) is 0 Å². The van der Waals surface area contributed by atoms with Crippen LogP contribution in [0.2, 0.25) is 0 Å². The second kappa shape index (κ2) is 10.7. The number of rotatable bonds is 5. The maximum absolute atomic E-state index is 11.8. The van der Waals surface area contributed by atoms with Gasteiger partial charge in [-0.15, -0.1) is 5.11 Å². The van der Waals surface area contributed by atoms with Crippen LogP contribution in [0.4, 0.5) is 22.7 Å². The van der Waals surface area contributed by atoms with Crippen LogP contribution in [0.25, 0.3) is 10.8 Å². The van der Waals surface area contributed by atoms with E-state index in [-0.39, 0.29) is 81.3 Å². The molecule has 0 unspecified atom stereocenters. The minimum atomic E-state index is -4.95. The van der Waals surface area contributed by atoms with Crippen molar-refractivity contribution in [1.82, 2.24) is 0 Å². The van der Waals surface area contributed by atoms with Crippen LogP contribution in [-0.2, 0) is 20.2 Å². The fourth-order valence-corrected chi connectivity index (χ4v) is 3.89. The van der Waals surface area contributed by atoms with Gasteiger partial charge in [0, 0.05) is 23.6 Å². The topological polar surface area (TPSA) is 223 Å². The summed E-state index contributed by atoms with van der Waals surface area (Å²) < 4.78 is 65.1. The van der Waals surface area contributed by atoms with Crippen LogP contribution < -0.4 is 5.73 Å². The summed E-state index contributed by atoms with van der Waals surface area (Å²) in [6.07, 6.45) is 0. The van der Waals surface area contributed by atoms with Crippen molar-refractivity contribution in [2.45, 2.75) is 9.79 Å². The monoisotopic (exact) mass is 516 g/mol. The van der Waals surface area contributed by atoms with Crippen LogP contribution in [0.1, 0.15) is 0 Å². The molecular weight excluding hydrogens is 502 g/mol. The molecule has 0 heterocycles. The van der Waals surface area contributed by atoms with E-state index in [0.29, 0.717) is 6.07 Å². The van der Waals surface area contributed by atoms with E-state index < -0.39 is 52.1 Å². The van der Waals surface area contributed by atoms with Gasteiger partial charge in [0.15, 0.2) is 0 Å². The second-order valence-corrected chi connectivity index (χ2v) is 8.91. The van der Waals surface area contributed by atoms with Crippen LogP contribution in [0.3, 0.4) is 0 Å². The van der Waals surface area contributed by atoms with Gasteiger partial charge in [0.1, 0.15) is 16.3 Å². The van der Waals surface area contributed by atoms with Crippen LogP contribution in [-0.4, -0.2) is 95.1 Å². The number of fused-ring (bicyclic) bond motifs is 1. The van der Waals surface area contributed by atoms with Crippen molar-refractivity contribution in [3.05, 3.63) is 52.6 Å². The zero-order valence-electron chi connectivity index (χ0n) is 15.1. The summed E-state index contributed by atoms with van der Waals surface area (Å²) in [5, 5.41) is 27.9. The normalized spacial score (nSPS) is 11.7. The van der Waals surface area contributed by atoms with Gasteiger partial charge in [-0.05, 0) is 29.7 Å². The number of phenols is 1. The summed E-state index contributed by atoms with van der Waals surface area (Å²) in [4.78, 5) is 8.47. The number of azo groups is 1. The number of nitro benzene ring substituents is 1. The van der Waals surface area contributed by atoms with Crippen LogP contribution in [0.15, 0.2) is 62.5 Å². The molecule has 3 aromatic carbocycles. The number of nitro groups is 1. The fraction of sp³-hybridized carbons (Fsp3) is 0. The quantitative estimate of drug-likeness (QED) is 0.0958. The zero-order chi connectivity index (χ0) is 23.1. The number of nitrogens with zero attached hydrogens (tertiary/aromatic N) is 3. The number of hydrogen-bond acceptors (Lipinski definition) is 10. The van der Waals surface area contributed by atoms with Gasteiger partial charge >= 0.3 is 59.1 Å². The first-order valence-corrected chi connectivity index (χ1v) is 10.9. The Morgan fingerprint density at radius 1 is 0.909 bits per heavy atom. The number of anilines is 1. The molecule has 17 heteroatoms. The molecule has 0 fully saturated rings. The molecule has 13 nitrogen and oxygen atoms in total. The average Bonchev–Trinajstić information content (AvgIpc) is 2.65. The van der Waals surface area contributed by atoms with Crippen molar-refractivity contribution >= 4 is 113 Å². The molecule has 0 bridgehead atoms. The summed E-state index contributed by atoms with van der Waals surface area (Å²) >= 11 is 0. The fourth-order valence-electron chi connectivity index (χ4n) is 2.69. The standard InChI is InChI=1S/C16H12N4O9S2.2Na.2H/c17-15-14-8(5-11(7-12(14)21)30(24,25)26)6-13(31(27,28)29)16(15)19-18-9-1-3-10(4-2-9)20(22)23;;;;/h1-7,21H,17H2,(H,24,25,26)(H,27,28,29);;;;/b19-18+;;;;. The van der Waals surface area contributed by atoms with Crippen molar-refractivity contribution < 1.29 is 36.0 Å². The Morgan fingerprint density at radius 2 is 1.48 bits per heavy atom. The number of benzene rings is 3. The van der Waals surface area contributed by atoms with Gasteiger partial charge in [0.2, 0.25) is 0 Å². The summed E-state index contributed by atoms with van der Waals surface area (Å²) in [6, 6.07) is 7.03. The van der Waals surface area contributed by atoms with Crippen molar-refractivity contribution in [3.63, 3.8) is 0 Å². The number of phenolic OH excluding ortho intramolecular Hbond substituents is 1. The molecule has 33 heavy (non-hydrogen) atoms. The Hall–Kier alpha value is -1.66. The molecule has 0 aliphatic rings. The Labute approximate surface area is 230 Å². The molecule has 0 saturated heterocycles. The van der Waals surface area contributed by atoms with Gasteiger partial charge in [-0.2, -0.15) is 21.9 Å². The van der Waals surface area contributed by atoms with Gasteiger partial charge in [-0.25, -0.2) is 0 Å². The first kappa shape index (κ1) is 29.4. The van der Waals surface area contributed by atoms with Gasteiger partial charge in [-0.3, -0.25) is 19.2 Å². The summed E-state index contributed by atoms with van der Waals surface area (Å²) in [5.41, 5.74) is 4.75. The number of hydrogen-bond donors (Lipinski definition) is 4. The van der Waals surface area contributed by atoms with Gasteiger partial charge in [0.25, 0.3) is 25.9 Å². The third kappa shape index (κ3) is 6.48. The number of nitrogens with two attached hydrogens (primary N) is 1. The van der Waals surface area contributed by atoms with E-state index in [2.05, 4.69) is 10.2 Å². The third-order valence-corrected chi connectivity index (χ3v) is 5.77. The molecule has 0 aromatic heterocycles. The van der Waals surface area contributed by atoms with E-state index in [9.17, 15) is 41.2 Å². The number of non-ortho nitro benzene ring substituents is 1. The van der Waals surface area contributed by atoms with Crippen LogP contribution in [0.5, 0.6) is 5.75 Å². The van der Waals surface area contributed by atoms with Crippen molar-refractivity contribution in [3.8, 4) is 5.75 Å². The zero-order valence-corrected chi connectivity index (χ0v) is 16.7. The van der Waals surface area contributed by atoms with Crippen molar-refractivity contribution in [1.29, 1.82) is 0 Å². The predicted molar refractivity (Wildman–Crippen MR) is 121 cm³/mol. The molecule has 166 valence electrons. The SMILES string of the molecule is Nc1c(/N=N/c2ccc([N+](=O)[O-])cc2)c(S(=O)(=O)O)cc2cc(S(=O)(=O)O)cc(O)c12.[NaH].[NaH]. The van der Waals surface area contributed by atoms with Crippen molar-refractivity contribution in [2.75, 3.05) is 5.73 Å². The van der Waals surface area contributed by atoms with Crippen molar-refractivity contribution in [2.24, 2.45) is 10.2 Å². The van der Waals surface area contributed by atoms with E-state index in [4.69, 9.17) is 5.73 Å². The molecule has 5 N–H and O–H groups in total. The van der Waals surface area contributed by atoms with Crippen LogP contribution >= 0.6 is 0 Å².